The molecule has 0 N–H and O–H groups in total. The fourth-order valence-electron chi connectivity index (χ4n) is 3.36. The molecule has 1 aromatic heterocycles. The molecule has 0 saturated heterocycles. The van der Waals surface area contributed by atoms with Crippen LogP contribution in [0.5, 0.6) is 5.75 Å². The van der Waals surface area contributed by atoms with Gasteiger partial charge in [-0.25, -0.2) is 0 Å². The number of nitrogens with zero attached hydrogens (tertiary/aromatic N) is 2. The van der Waals surface area contributed by atoms with Gasteiger partial charge in [0.2, 0.25) is 11.7 Å². The summed E-state index contributed by atoms with van der Waals surface area (Å²) < 4.78 is 51.9. The van der Waals surface area contributed by atoms with Crippen LogP contribution >= 0.6 is 23.2 Å². The highest BCUT2D eigenvalue weighted by atomic mass is 35.5. The minimum atomic E-state index is -4.59. The first kappa shape index (κ1) is 25.4. The first-order valence-corrected chi connectivity index (χ1v) is 11.6. The maximum Gasteiger partial charge on any atom is 0.419 e. The molecule has 0 spiro atoms. The van der Waals surface area contributed by atoms with Crippen molar-refractivity contribution < 1.29 is 22.4 Å². The quantitative estimate of drug-likeness (QED) is 0.262. The van der Waals surface area contributed by atoms with E-state index in [4.69, 9.17) is 32.5 Å². The van der Waals surface area contributed by atoms with Gasteiger partial charge in [0.05, 0.1) is 22.2 Å². The standard InChI is InChI=1S/C24H25Cl2F3N2O2/c1-3-4-6-15(2)23-30-22(31-33-23)17-9-11-21(18(14-17)24(27,28)29)32-12-5-7-16-8-10-19(25)20(26)13-16/h8-11,13-15H,3-7,12H2,1-2H3/t15-/m0/s1. The van der Waals surface area contributed by atoms with Crippen molar-refractivity contribution >= 4 is 23.2 Å². The van der Waals surface area contributed by atoms with Crippen molar-refractivity contribution in [2.75, 3.05) is 6.61 Å². The normalized spacial score (nSPS) is 12.7. The molecule has 178 valence electrons. The van der Waals surface area contributed by atoms with Crippen LogP contribution in [-0.4, -0.2) is 16.7 Å². The van der Waals surface area contributed by atoms with Crippen molar-refractivity contribution in [3.05, 3.63) is 63.5 Å². The van der Waals surface area contributed by atoms with Crippen molar-refractivity contribution in [2.24, 2.45) is 0 Å². The molecule has 3 rings (SSSR count). The molecule has 3 aromatic rings. The lowest BCUT2D eigenvalue weighted by Gasteiger charge is -2.15. The van der Waals surface area contributed by atoms with E-state index in [-0.39, 0.29) is 29.7 Å². The third-order valence-electron chi connectivity index (χ3n) is 5.25. The Morgan fingerprint density at radius 1 is 1.06 bits per heavy atom. The second-order valence-electron chi connectivity index (χ2n) is 7.91. The number of ether oxygens (including phenoxy) is 1. The predicted molar refractivity (Wildman–Crippen MR) is 123 cm³/mol. The molecule has 0 radical (unpaired) electrons. The van der Waals surface area contributed by atoms with Crippen LogP contribution in [0.2, 0.25) is 10.0 Å². The number of hydrogen-bond acceptors (Lipinski definition) is 4. The van der Waals surface area contributed by atoms with Crippen LogP contribution in [0, 0.1) is 0 Å². The van der Waals surface area contributed by atoms with Gasteiger partial charge in [-0.2, -0.15) is 18.2 Å². The van der Waals surface area contributed by atoms with E-state index in [0.29, 0.717) is 28.8 Å². The Kier molecular flexibility index (Phi) is 8.65. The Morgan fingerprint density at radius 2 is 1.85 bits per heavy atom. The van der Waals surface area contributed by atoms with Crippen molar-refractivity contribution in [3.8, 4) is 17.1 Å². The lowest BCUT2D eigenvalue weighted by Crippen LogP contribution is -2.10. The molecule has 0 bridgehead atoms. The van der Waals surface area contributed by atoms with E-state index in [2.05, 4.69) is 17.1 Å². The number of aromatic nitrogens is 2. The van der Waals surface area contributed by atoms with Gasteiger partial charge in [0, 0.05) is 11.5 Å². The zero-order valence-corrected chi connectivity index (χ0v) is 19.9. The number of hydrogen-bond donors (Lipinski definition) is 0. The monoisotopic (exact) mass is 500 g/mol. The SMILES string of the molecule is CCCC[C@H](C)c1nc(-c2ccc(OCCCc3ccc(Cl)c(Cl)c3)c(C(F)(F)F)c2)no1. The van der Waals surface area contributed by atoms with Crippen LogP contribution in [-0.2, 0) is 12.6 Å². The largest absolute Gasteiger partial charge is 0.493 e. The third kappa shape index (κ3) is 6.87. The fourth-order valence-corrected chi connectivity index (χ4v) is 3.68. The third-order valence-corrected chi connectivity index (χ3v) is 5.99. The Bertz CT molecular complexity index is 1070. The van der Waals surface area contributed by atoms with E-state index in [9.17, 15) is 13.2 Å². The molecule has 0 saturated carbocycles. The summed E-state index contributed by atoms with van der Waals surface area (Å²) in [6, 6.07) is 9.06. The van der Waals surface area contributed by atoms with Gasteiger partial charge in [0.25, 0.3) is 0 Å². The zero-order chi connectivity index (χ0) is 24.0. The smallest absolute Gasteiger partial charge is 0.419 e. The van der Waals surface area contributed by atoms with E-state index < -0.39 is 11.7 Å². The summed E-state index contributed by atoms with van der Waals surface area (Å²) in [5, 5.41) is 4.77. The van der Waals surface area contributed by atoms with Crippen molar-refractivity contribution in [2.45, 2.75) is 58.0 Å². The summed E-state index contributed by atoms with van der Waals surface area (Å²) >= 11 is 11.9. The fraction of sp³-hybridized carbons (Fsp3) is 0.417. The summed E-state index contributed by atoms with van der Waals surface area (Å²) in [7, 11) is 0. The van der Waals surface area contributed by atoms with Gasteiger partial charge < -0.3 is 9.26 Å². The minimum Gasteiger partial charge on any atom is -0.493 e. The summed E-state index contributed by atoms with van der Waals surface area (Å²) in [6.07, 6.45) is -0.556. The molecular weight excluding hydrogens is 476 g/mol. The molecule has 0 aliphatic heterocycles. The Balaban J connectivity index is 1.69. The molecular formula is C24H25Cl2F3N2O2. The molecule has 0 aliphatic rings. The molecule has 1 atom stereocenters. The number of benzene rings is 2. The van der Waals surface area contributed by atoms with Crippen LogP contribution in [0.1, 0.15) is 62.5 Å². The highest BCUT2D eigenvalue weighted by Crippen LogP contribution is 2.38. The maximum absolute atomic E-state index is 13.7. The number of alkyl halides is 3. The molecule has 0 amide bonds. The number of rotatable bonds is 10. The highest BCUT2D eigenvalue weighted by Gasteiger charge is 2.35. The average molecular weight is 501 g/mol. The molecule has 0 fully saturated rings. The lowest BCUT2D eigenvalue weighted by atomic mass is 10.0. The molecule has 9 heteroatoms. The minimum absolute atomic E-state index is 0.0476. The zero-order valence-electron chi connectivity index (χ0n) is 18.4. The Morgan fingerprint density at radius 3 is 2.55 bits per heavy atom. The number of halogens is 5. The summed E-state index contributed by atoms with van der Waals surface area (Å²) in [6.45, 7) is 4.16. The first-order chi connectivity index (χ1) is 15.7. The van der Waals surface area contributed by atoms with Crippen LogP contribution < -0.4 is 4.74 Å². The second kappa shape index (κ2) is 11.3. The number of aryl methyl sites for hydroxylation is 1. The van der Waals surface area contributed by atoms with Gasteiger partial charge in [-0.05, 0) is 55.2 Å². The van der Waals surface area contributed by atoms with Gasteiger partial charge in [0.15, 0.2) is 0 Å². The predicted octanol–water partition coefficient (Wildman–Crippen LogP) is 8.37. The van der Waals surface area contributed by atoms with Crippen LogP contribution in [0.4, 0.5) is 13.2 Å². The van der Waals surface area contributed by atoms with Crippen LogP contribution in [0.3, 0.4) is 0 Å². The molecule has 0 unspecified atom stereocenters. The Hall–Kier alpha value is -2.25. The summed E-state index contributed by atoms with van der Waals surface area (Å²) in [5.74, 6) is 0.367. The maximum atomic E-state index is 13.7. The van der Waals surface area contributed by atoms with Crippen molar-refractivity contribution in [1.29, 1.82) is 0 Å². The second-order valence-corrected chi connectivity index (χ2v) is 8.72. The van der Waals surface area contributed by atoms with Crippen LogP contribution in [0.15, 0.2) is 40.9 Å². The van der Waals surface area contributed by atoms with E-state index >= 15 is 0 Å². The van der Waals surface area contributed by atoms with E-state index in [1.54, 1.807) is 12.1 Å². The first-order valence-electron chi connectivity index (χ1n) is 10.8. The molecule has 0 aliphatic carbocycles. The molecule has 1 heterocycles. The van der Waals surface area contributed by atoms with Gasteiger partial charge >= 0.3 is 6.18 Å². The Labute approximate surface area is 201 Å². The van der Waals surface area contributed by atoms with Gasteiger partial charge in [-0.15, -0.1) is 0 Å². The average Bonchev–Trinajstić information content (AvgIpc) is 3.27. The van der Waals surface area contributed by atoms with Crippen molar-refractivity contribution in [1.82, 2.24) is 10.1 Å². The van der Waals surface area contributed by atoms with E-state index in [1.807, 2.05) is 13.0 Å². The van der Waals surface area contributed by atoms with Gasteiger partial charge in [-0.1, -0.05) is 61.1 Å². The van der Waals surface area contributed by atoms with Gasteiger partial charge in [0.1, 0.15) is 5.75 Å². The lowest BCUT2D eigenvalue weighted by molar-refractivity contribution is -0.138. The molecule has 2 aromatic carbocycles. The molecule has 4 nitrogen and oxygen atoms in total. The topological polar surface area (TPSA) is 48.2 Å². The van der Waals surface area contributed by atoms with E-state index in [0.717, 1.165) is 30.9 Å². The van der Waals surface area contributed by atoms with Crippen LogP contribution in [0.25, 0.3) is 11.4 Å². The van der Waals surface area contributed by atoms with E-state index in [1.165, 1.54) is 12.1 Å². The summed E-state index contributed by atoms with van der Waals surface area (Å²) in [5.41, 5.74) is 0.281. The van der Waals surface area contributed by atoms with Crippen molar-refractivity contribution in [3.63, 3.8) is 0 Å². The summed E-state index contributed by atoms with van der Waals surface area (Å²) in [4.78, 5) is 4.30. The van der Waals surface area contributed by atoms with Gasteiger partial charge in [-0.3, -0.25) is 0 Å². The number of unbranched alkanes of at least 4 members (excludes halogenated alkanes) is 1. The highest BCUT2D eigenvalue weighted by molar-refractivity contribution is 6.42. The molecule has 33 heavy (non-hydrogen) atoms.